The van der Waals surface area contributed by atoms with Crippen molar-refractivity contribution in [1.82, 2.24) is 15.0 Å². The molecule has 0 saturated heterocycles. The summed E-state index contributed by atoms with van der Waals surface area (Å²) in [5.74, 6) is 0. The first kappa shape index (κ1) is 10.1. The van der Waals surface area contributed by atoms with Gasteiger partial charge in [0.15, 0.2) is 5.65 Å². The number of pyridine rings is 1. The number of aromatic nitrogens is 3. The lowest BCUT2D eigenvalue weighted by molar-refractivity contribution is 0.680. The molecule has 78 valence electrons. The van der Waals surface area contributed by atoms with Crippen LogP contribution in [0.3, 0.4) is 0 Å². The maximum atomic E-state index is 11.2. The molecule has 5 nitrogen and oxygen atoms in total. The third-order valence-corrected chi connectivity index (χ3v) is 2.66. The molecule has 0 bridgehead atoms. The van der Waals surface area contributed by atoms with E-state index in [2.05, 4.69) is 15.0 Å². The third kappa shape index (κ3) is 2.00. The minimum absolute atomic E-state index is 0.296. The summed E-state index contributed by atoms with van der Waals surface area (Å²) in [6, 6.07) is 3.68. The van der Waals surface area contributed by atoms with Crippen molar-refractivity contribution in [1.29, 1.82) is 0 Å². The van der Waals surface area contributed by atoms with Crippen molar-refractivity contribution in [2.45, 2.75) is 11.7 Å². The maximum Gasteiger partial charge on any atom is 0.220 e. The Balaban J connectivity index is 2.62. The van der Waals surface area contributed by atoms with Crippen LogP contribution in [0, 0.1) is 0 Å². The molecule has 0 aromatic carbocycles. The zero-order valence-electron chi connectivity index (χ0n) is 8.17. The summed E-state index contributed by atoms with van der Waals surface area (Å²) in [5, 5.41) is 1.12. The molecule has 2 heterocycles. The highest BCUT2D eigenvalue weighted by Gasteiger charge is 2.04. The van der Waals surface area contributed by atoms with E-state index in [0.29, 0.717) is 17.3 Å². The lowest BCUT2D eigenvalue weighted by atomic mass is 10.3. The first-order valence-corrected chi connectivity index (χ1v) is 5.92. The molecule has 0 aliphatic heterocycles. The van der Waals surface area contributed by atoms with Crippen LogP contribution in [0.25, 0.3) is 11.0 Å². The third-order valence-electron chi connectivity index (χ3n) is 1.94. The Morgan fingerprint density at radius 3 is 2.87 bits per heavy atom. The van der Waals surface area contributed by atoms with Gasteiger partial charge in [0.1, 0.15) is 0 Å². The number of fused-ring (bicyclic) bond motifs is 1. The van der Waals surface area contributed by atoms with E-state index in [1.165, 1.54) is 6.26 Å². The lowest BCUT2D eigenvalue weighted by Crippen LogP contribution is -2.02. The molecule has 0 spiro atoms. The summed E-state index contributed by atoms with van der Waals surface area (Å²) in [4.78, 5) is 12.3. The normalized spacial score (nSPS) is 12.9. The van der Waals surface area contributed by atoms with Crippen LogP contribution in [0.2, 0.25) is 0 Å². The standard InChI is InChI=1S/C9H10N4OS/c1-15(14)9-11-5-6-2-3-7(4-10)12-8(6)13-9/h2-3,5H,4,10H2,1H3. The molecule has 0 fully saturated rings. The molecule has 2 N–H and O–H groups in total. The van der Waals surface area contributed by atoms with Crippen molar-refractivity contribution in [3.63, 3.8) is 0 Å². The summed E-state index contributed by atoms with van der Waals surface area (Å²) >= 11 is 0. The Morgan fingerprint density at radius 2 is 2.20 bits per heavy atom. The lowest BCUT2D eigenvalue weighted by Gasteiger charge is -2.00. The highest BCUT2D eigenvalue weighted by atomic mass is 32.2. The quantitative estimate of drug-likeness (QED) is 0.735. The van der Waals surface area contributed by atoms with Gasteiger partial charge in [0.2, 0.25) is 5.16 Å². The summed E-state index contributed by atoms with van der Waals surface area (Å²) in [5.41, 5.74) is 6.77. The van der Waals surface area contributed by atoms with Crippen LogP contribution in [-0.2, 0) is 17.3 Å². The second-order valence-electron chi connectivity index (χ2n) is 3.03. The molecule has 0 saturated carbocycles. The highest BCUT2D eigenvalue weighted by molar-refractivity contribution is 7.84. The SMILES string of the molecule is CS(=O)c1ncc2ccc(CN)nc2n1. The largest absolute Gasteiger partial charge is 0.325 e. The summed E-state index contributed by atoms with van der Waals surface area (Å²) in [7, 11) is -1.19. The summed E-state index contributed by atoms with van der Waals surface area (Å²) < 4.78 is 11.2. The van der Waals surface area contributed by atoms with Gasteiger partial charge in [-0.05, 0) is 12.1 Å². The van der Waals surface area contributed by atoms with Gasteiger partial charge >= 0.3 is 0 Å². The van der Waals surface area contributed by atoms with Crippen molar-refractivity contribution < 1.29 is 4.21 Å². The van der Waals surface area contributed by atoms with Crippen LogP contribution in [0.15, 0.2) is 23.5 Å². The Hall–Kier alpha value is -1.40. The Morgan fingerprint density at radius 1 is 1.40 bits per heavy atom. The monoisotopic (exact) mass is 222 g/mol. The van der Waals surface area contributed by atoms with E-state index in [9.17, 15) is 4.21 Å². The Labute approximate surface area is 89.2 Å². The van der Waals surface area contributed by atoms with Gasteiger partial charge in [0.25, 0.3) is 0 Å². The van der Waals surface area contributed by atoms with Crippen molar-refractivity contribution in [3.05, 3.63) is 24.0 Å². The topological polar surface area (TPSA) is 81.8 Å². The molecule has 15 heavy (non-hydrogen) atoms. The fraction of sp³-hybridized carbons (Fsp3) is 0.222. The molecular weight excluding hydrogens is 212 g/mol. The zero-order chi connectivity index (χ0) is 10.8. The zero-order valence-corrected chi connectivity index (χ0v) is 8.99. The average Bonchev–Trinajstić information content (AvgIpc) is 2.27. The molecule has 0 aliphatic rings. The van der Waals surface area contributed by atoms with Crippen LogP contribution >= 0.6 is 0 Å². The van der Waals surface area contributed by atoms with Crippen LogP contribution in [0.1, 0.15) is 5.69 Å². The fourth-order valence-corrected chi connectivity index (χ4v) is 1.60. The van der Waals surface area contributed by atoms with Gasteiger partial charge < -0.3 is 5.73 Å². The predicted octanol–water partition coefficient (Wildman–Crippen LogP) is 0.221. The van der Waals surface area contributed by atoms with Gasteiger partial charge in [-0.25, -0.2) is 15.0 Å². The minimum atomic E-state index is -1.19. The van der Waals surface area contributed by atoms with Crippen LogP contribution < -0.4 is 5.73 Å². The molecule has 0 amide bonds. The van der Waals surface area contributed by atoms with Crippen LogP contribution in [0.4, 0.5) is 0 Å². The van der Waals surface area contributed by atoms with Crippen molar-refractivity contribution in [2.24, 2.45) is 5.73 Å². The van der Waals surface area contributed by atoms with E-state index >= 15 is 0 Å². The van der Waals surface area contributed by atoms with E-state index < -0.39 is 10.8 Å². The summed E-state index contributed by atoms with van der Waals surface area (Å²) in [6.07, 6.45) is 3.15. The second-order valence-corrected chi connectivity index (χ2v) is 4.30. The van der Waals surface area contributed by atoms with E-state index in [4.69, 9.17) is 5.73 Å². The number of nitrogens with zero attached hydrogens (tertiary/aromatic N) is 3. The fourth-order valence-electron chi connectivity index (χ4n) is 1.19. The van der Waals surface area contributed by atoms with E-state index in [-0.39, 0.29) is 0 Å². The first-order valence-electron chi connectivity index (χ1n) is 4.37. The molecule has 2 aromatic heterocycles. The number of nitrogens with two attached hydrogens (primary N) is 1. The van der Waals surface area contributed by atoms with Gasteiger partial charge in [-0.3, -0.25) is 4.21 Å². The number of hydrogen-bond donors (Lipinski definition) is 1. The molecular formula is C9H10N4OS. The van der Waals surface area contributed by atoms with Crippen LogP contribution in [-0.4, -0.2) is 25.4 Å². The second kappa shape index (κ2) is 4.00. The van der Waals surface area contributed by atoms with Gasteiger partial charge in [-0.1, -0.05) is 0 Å². The van der Waals surface area contributed by atoms with Gasteiger partial charge in [-0.2, -0.15) is 0 Å². The molecule has 1 unspecified atom stereocenters. The van der Waals surface area contributed by atoms with Crippen LogP contribution in [0.5, 0.6) is 0 Å². The molecule has 0 radical (unpaired) electrons. The molecule has 1 atom stereocenters. The van der Waals surface area contributed by atoms with E-state index in [1.54, 1.807) is 6.20 Å². The maximum absolute atomic E-state index is 11.2. The first-order chi connectivity index (χ1) is 7.20. The van der Waals surface area contributed by atoms with Crippen molar-refractivity contribution >= 4 is 21.8 Å². The van der Waals surface area contributed by atoms with Gasteiger partial charge in [-0.15, -0.1) is 0 Å². The smallest absolute Gasteiger partial charge is 0.220 e. The summed E-state index contributed by atoms with van der Waals surface area (Å²) in [6.45, 7) is 0.366. The van der Waals surface area contributed by atoms with Gasteiger partial charge in [0.05, 0.1) is 16.5 Å². The molecule has 0 aliphatic carbocycles. The van der Waals surface area contributed by atoms with E-state index in [1.807, 2.05) is 12.1 Å². The van der Waals surface area contributed by atoms with E-state index in [0.717, 1.165) is 11.1 Å². The number of hydrogen-bond acceptors (Lipinski definition) is 5. The number of rotatable bonds is 2. The highest BCUT2D eigenvalue weighted by Crippen LogP contribution is 2.10. The van der Waals surface area contributed by atoms with Gasteiger partial charge in [0, 0.05) is 24.4 Å². The minimum Gasteiger partial charge on any atom is -0.325 e. The molecule has 2 rings (SSSR count). The Kier molecular flexibility index (Phi) is 2.70. The van der Waals surface area contributed by atoms with Crippen molar-refractivity contribution in [2.75, 3.05) is 6.26 Å². The van der Waals surface area contributed by atoms with Crippen molar-refractivity contribution in [3.8, 4) is 0 Å². The molecule has 2 aromatic rings. The molecule has 6 heteroatoms. The Bertz CT molecular complexity index is 529. The average molecular weight is 222 g/mol. The predicted molar refractivity (Wildman–Crippen MR) is 57.6 cm³/mol.